The van der Waals surface area contributed by atoms with Gasteiger partial charge in [-0.15, -0.1) is 11.3 Å². The Balaban J connectivity index is 2.30. The van der Waals surface area contributed by atoms with Gasteiger partial charge in [0, 0.05) is 24.0 Å². The number of hydrogen-bond donors (Lipinski definition) is 1. The predicted octanol–water partition coefficient (Wildman–Crippen LogP) is 3.68. The summed E-state index contributed by atoms with van der Waals surface area (Å²) in [4.78, 5) is 3.68. The maximum atomic E-state index is 6.27. The van der Waals surface area contributed by atoms with Crippen LogP contribution >= 0.6 is 22.9 Å². The van der Waals surface area contributed by atoms with Gasteiger partial charge in [0.25, 0.3) is 0 Å². The van der Waals surface area contributed by atoms with Crippen molar-refractivity contribution in [1.82, 2.24) is 4.90 Å². The van der Waals surface area contributed by atoms with Crippen molar-refractivity contribution in [2.45, 2.75) is 57.9 Å². The van der Waals surface area contributed by atoms with E-state index in [2.05, 4.69) is 45.6 Å². The molecule has 2 N–H and O–H groups in total. The fraction of sp³-hybridized carbons (Fsp3) is 0.733. The Morgan fingerprint density at radius 3 is 2.20 bits per heavy atom. The number of nitrogens with two attached hydrogens (primary N) is 1. The van der Waals surface area contributed by atoms with Gasteiger partial charge >= 0.3 is 0 Å². The van der Waals surface area contributed by atoms with Crippen LogP contribution in [0, 0.1) is 0 Å². The van der Waals surface area contributed by atoms with Crippen LogP contribution in [-0.2, 0) is 4.74 Å². The van der Waals surface area contributed by atoms with Crippen molar-refractivity contribution < 1.29 is 4.74 Å². The zero-order valence-electron chi connectivity index (χ0n) is 12.9. The number of halogens is 1. The molecule has 0 bridgehead atoms. The summed E-state index contributed by atoms with van der Waals surface area (Å²) >= 11 is 7.72. The fourth-order valence-electron chi connectivity index (χ4n) is 3.30. The first kappa shape index (κ1) is 16.2. The minimum absolute atomic E-state index is 0.0504. The van der Waals surface area contributed by atoms with Crippen LogP contribution in [0.15, 0.2) is 12.1 Å². The molecule has 2 atom stereocenters. The monoisotopic (exact) mass is 316 g/mol. The Bertz CT molecular complexity index is 454. The second-order valence-electron chi connectivity index (χ2n) is 6.97. The van der Waals surface area contributed by atoms with E-state index in [0.717, 1.165) is 17.4 Å². The maximum Gasteiger partial charge on any atom is 0.0931 e. The number of nitrogens with zero attached hydrogens (tertiary/aromatic N) is 1. The van der Waals surface area contributed by atoms with Gasteiger partial charge in [-0.1, -0.05) is 11.6 Å². The zero-order chi connectivity index (χ0) is 15.1. The summed E-state index contributed by atoms with van der Waals surface area (Å²) in [7, 11) is 0. The topological polar surface area (TPSA) is 38.5 Å². The normalized spacial score (nSPS) is 25.4. The van der Waals surface area contributed by atoms with Crippen LogP contribution in [0.2, 0.25) is 4.34 Å². The Labute approximate surface area is 131 Å². The molecule has 1 aromatic rings. The molecule has 0 radical (unpaired) electrons. The Morgan fingerprint density at radius 1 is 1.25 bits per heavy atom. The van der Waals surface area contributed by atoms with Gasteiger partial charge in [-0.25, -0.2) is 0 Å². The van der Waals surface area contributed by atoms with E-state index in [-0.39, 0.29) is 23.3 Å². The summed E-state index contributed by atoms with van der Waals surface area (Å²) < 4.78 is 6.97. The fourth-order valence-corrected chi connectivity index (χ4v) is 4.61. The van der Waals surface area contributed by atoms with E-state index in [9.17, 15) is 0 Å². The van der Waals surface area contributed by atoms with E-state index in [4.69, 9.17) is 22.1 Å². The standard InChI is InChI=1S/C15H25ClN2OS/c1-10(17)13(11-6-7-12(16)20-11)18-8-14(2,3)19-15(4,5)9-18/h6-7,10,13H,8-9,17H2,1-5H3. The zero-order valence-corrected chi connectivity index (χ0v) is 14.5. The lowest BCUT2D eigenvalue weighted by Crippen LogP contribution is -2.59. The van der Waals surface area contributed by atoms with Gasteiger partial charge in [0.05, 0.1) is 21.6 Å². The predicted molar refractivity (Wildman–Crippen MR) is 86.5 cm³/mol. The van der Waals surface area contributed by atoms with Crippen LogP contribution in [0.4, 0.5) is 0 Å². The van der Waals surface area contributed by atoms with Gasteiger partial charge in [-0.3, -0.25) is 4.90 Å². The average Bonchev–Trinajstić information content (AvgIpc) is 2.59. The summed E-state index contributed by atoms with van der Waals surface area (Å²) in [6.45, 7) is 12.4. The molecule has 114 valence electrons. The molecule has 0 amide bonds. The van der Waals surface area contributed by atoms with Crippen molar-refractivity contribution in [3.8, 4) is 0 Å². The van der Waals surface area contributed by atoms with Crippen molar-refractivity contribution in [3.63, 3.8) is 0 Å². The van der Waals surface area contributed by atoms with E-state index in [1.165, 1.54) is 4.88 Å². The third-order valence-corrected chi connectivity index (χ3v) is 4.80. The quantitative estimate of drug-likeness (QED) is 0.924. The first-order chi connectivity index (χ1) is 9.10. The number of ether oxygens (including phenoxy) is 1. The first-order valence-corrected chi connectivity index (χ1v) is 8.24. The minimum Gasteiger partial charge on any atom is -0.367 e. The Hall–Kier alpha value is -0.130. The lowest BCUT2D eigenvalue weighted by atomic mass is 9.95. The first-order valence-electron chi connectivity index (χ1n) is 7.05. The second kappa shape index (κ2) is 5.58. The molecule has 2 heterocycles. The summed E-state index contributed by atoms with van der Waals surface area (Å²) in [6.07, 6.45) is 0. The second-order valence-corrected chi connectivity index (χ2v) is 8.72. The number of hydrogen-bond acceptors (Lipinski definition) is 4. The van der Waals surface area contributed by atoms with Crippen molar-refractivity contribution in [3.05, 3.63) is 21.3 Å². The molecule has 0 aliphatic carbocycles. The highest BCUT2D eigenvalue weighted by atomic mass is 35.5. The largest absolute Gasteiger partial charge is 0.367 e. The molecule has 1 aromatic heterocycles. The van der Waals surface area contributed by atoms with Crippen LogP contribution in [0.3, 0.4) is 0 Å². The third kappa shape index (κ3) is 3.74. The molecule has 1 saturated heterocycles. The lowest BCUT2D eigenvalue weighted by Gasteiger charge is -2.50. The molecule has 0 spiro atoms. The average molecular weight is 317 g/mol. The van der Waals surface area contributed by atoms with Crippen LogP contribution in [-0.4, -0.2) is 35.2 Å². The molecular formula is C15H25ClN2OS. The number of morpholine rings is 1. The van der Waals surface area contributed by atoms with Crippen LogP contribution in [0.25, 0.3) is 0 Å². The van der Waals surface area contributed by atoms with Gasteiger partial charge < -0.3 is 10.5 Å². The smallest absolute Gasteiger partial charge is 0.0931 e. The van der Waals surface area contributed by atoms with E-state index in [1.54, 1.807) is 11.3 Å². The molecule has 2 rings (SSSR count). The summed E-state index contributed by atoms with van der Waals surface area (Å²) in [6, 6.07) is 4.29. The van der Waals surface area contributed by atoms with Crippen LogP contribution in [0.1, 0.15) is 45.5 Å². The molecule has 2 unspecified atom stereocenters. The van der Waals surface area contributed by atoms with Crippen molar-refractivity contribution in [2.24, 2.45) is 5.73 Å². The van der Waals surface area contributed by atoms with Crippen molar-refractivity contribution >= 4 is 22.9 Å². The minimum atomic E-state index is -0.171. The molecule has 1 fully saturated rings. The Kier molecular flexibility index (Phi) is 4.53. The highest BCUT2D eigenvalue weighted by Crippen LogP contribution is 2.37. The van der Waals surface area contributed by atoms with E-state index in [0.29, 0.717) is 0 Å². The highest BCUT2D eigenvalue weighted by molar-refractivity contribution is 7.16. The Morgan fingerprint density at radius 2 is 1.80 bits per heavy atom. The molecule has 20 heavy (non-hydrogen) atoms. The molecule has 0 aromatic carbocycles. The lowest BCUT2D eigenvalue weighted by molar-refractivity contribution is -0.189. The highest BCUT2D eigenvalue weighted by Gasteiger charge is 2.41. The number of thiophene rings is 1. The van der Waals surface area contributed by atoms with Gasteiger partial charge in [0.15, 0.2) is 0 Å². The van der Waals surface area contributed by atoms with Gasteiger partial charge in [0.2, 0.25) is 0 Å². The van der Waals surface area contributed by atoms with Crippen LogP contribution in [0.5, 0.6) is 0 Å². The van der Waals surface area contributed by atoms with Crippen molar-refractivity contribution in [2.75, 3.05) is 13.1 Å². The third-order valence-electron chi connectivity index (χ3n) is 3.50. The molecule has 5 heteroatoms. The molecule has 0 saturated carbocycles. The molecule has 1 aliphatic rings. The maximum absolute atomic E-state index is 6.27. The van der Waals surface area contributed by atoms with Gasteiger partial charge in [-0.05, 0) is 46.8 Å². The van der Waals surface area contributed by atoms with Crippen molar-refractivity contribution in [1.29, 1.82) is 0 Å². The SMILES string of the molecule is CC(N)C(c1ccc(Cl)s1)N1CC(C)(C)OC(C)(C)C1. The van der Waals surface area contributed by atoms with E-state index >= 15 is 0 Å². The molecule has 3 nitrogen and oxygen atoms in total. The van der Waals surface area contributed by atoms with E-state index in [1.807, 2.05) is 6.07 Å². The number of rotatable bonds is 3. The van der Waals surface area contributed by atoms with E-state index < -0.39 is 0 Å². The van der Waals surface area contributed by atoms with Gasteiger partial charge in [-0.2, -0.15) is 0 Å². The summed E-state index contributed by atoms with van der Waals surface area (Å²) in [5, 5.41) is 0. The molecule has 1 aliphatic heterocycles. The molecular weight excluding hydrogens is 292 g/mol. The van der Waals surface area contributed by atoms with Gasteiger partial charge in [0.1, 0.15) is 0 Å². The summed E-state index contributed by atoms with van der Waals surface area (Å²) in [5.74, 6) is 0. The van der Waals surface area contributed by atoms with Crippen LogP contribution < -0.4 is 5.73 Å². The summed E-state index contributed by atoms with van der Waals surface area (Å²) in [5.41, 5.74) is 5.93.